The first-order valence-electron chi connectivity index (χ1n) is 7.75. The lowest BCUT2D eigenvalue weighted by molar-refractivity contribution is -0.133. The first kappa shape index (κ1) is 19.6. The smallest absolute Gasteiger partial charge is 0.279 e. The zero-order valence-corrected chi connectivity index (χ0v) is 15.9. The van der Waals surface area contributed by atoms with Gasteiger partial charge in [0, 0.05) is 4.47 Å². The van der Waals surface area contributed by atoms with Crippen LogP contribution in [0.5, 0.6) is 17.2 Å². The summed E-state index contributed by atoms with van der Waals surface area (Å²) in [6.45, 7) is 1.34. The van der Waals surface area contributed by atoms with Crippen LogP contribution in [0, 0.1) is 0 Å². The van der Waals surface area contributed by atoms with Crippen molar-refractivity contribution in [2.24, 2.45) is 0 Å². The van der Waals surface area contributed by atoms with Crippen LogP contribution in [-0.2, 0) is 9.59 Å². The van der Waals surface area contributed by atoms with E-state index in [1.54, 1.807) is 56.5 Å². The largest absolute Gasteiger partial charge is 0.497 e. The second kappa shape index (κ2) is 9.67. The molecule has 7 nitrogen and oxygen atoms in total. The number of amides is 2. The number of hydrogen-bond donors (Lipinski definition) is 2. The molecule has 0 saturated heterocycles. The van der Waals surface area contributed by atoms with E-state index in [2.05, 4.69) is 26.8 Å². The van der Waals surface area contributed by atoms with Crippen LogP contribution in [0.1, 0.15) is 6.92 Å². The Morgan fingerprint density at radius 2 is 1.73 bits per heavy atom. The molecule has 1 unspecified atom stereocenters. The highest BCUT2D eigenvalue weighted by atomic mass is 79.9. The van der Waals surface area contributed by atoms with Crippen LogP contribution >= 0.6 is 15.9 Å². The Morgan fingerprint density at radius 3 is 2.38 bits per heavy atom. The van der Waals surface area contributed by atoms with Crippen molar-refractivity contribution in [1.82, 2.24) is 10.9 Å². The number of nitrogens with one attached hydrogen (secondary N) is 2. The molecular formula is C18H19BrN2O5. The van der Waals surface area contributed by atoms with E-state index in [1.165, 1.54) is 0 Å². The van der Waals surface area contributed by atoms with Crippen LogP contribution in [-0.4, -0.2) is 31.6 Å². The van der Waals surface area contributed by atoms with Gasteiger partial charge >= 0.3 is 0 Å². The minimum atomic E-state index is -0.785. The fourth-order valence-electron chi connectivity index (χ4n) is 1.89. The molecule has 26 heavy (non-hydrogen) atoms. The molecule has 0 fully saturated rings. The highest BCUT2D eigenvalue weighted by Gasteiger charge is 2.15. The van der Waals surface area contributed by atoms with Crippen LogP contribution in [0.25, 0.3) is 0 Å². The van der Waals surface area contributed by atoms with Crippen LogP contribution < -0.4 is 25.1 Å². The molecule has 0 aliphatic rings. The van der Waals surface area contributed by atoms with E-state index in [0.29, 0.717) is 17.2 Å². The molecule has 8 heteroatoms. The van der Waals surface area contributed by atoms with Crippen molar-refractivity contribution in [3.8, 4) is 17.2 Å². The van der Waals surface area contributed by atoms with E-state index in [1.807, 2.05) is 6.07 Å². The monoisotopic (exact) mass is 422 g/mol. The molecule has 1 atom stereocenters. The van der Waals surface area contributed by atoms with Crippen molar-refractivity contribution >= 4 is 27.7 Å². The summed E-state index contributed by atoms with van der Waals surface area (Å²) in [5, 5.41) is 0. The minimum absolute atomic E-state index is 0.243. The van der Waals surface area contributed by atoms with E-state index in [0.717, 1.165) is 4.47 Å². The number of benzene rings is 2. The molecule has 2 amide bonds. The average molecular weight is 423 g/mol. The van der Waals surface area contributed by atoms with Gasteiger partial charge in [-0.25, -0.2) is 0 Å². The lowest BCUT2D eigenvalue weighted by Crippen LogP contribution is -2.48. The summed E-state index contributed by atoms with van der Waals surface area (Å²) < 4.78 is 16.7. The van der Waals surface area contributed by atoms with Gasteiger partial charge in [-0.15, -0.1) is 0 Å². The second-order valence-electron chi connectivity index (χ2n) is 5.22. The maximum Gasteiger partial charge on any atom is 0.279 e. The molecule has 0 radical (unpaired) electrons. The molecule has 0 bridgehead atoms. The van der Waals surface area contributed by atoms with Gasteiger partial charge in [-0.1, -0.05) is 22.0 Å². The van der Waals surface area contributed by atoms with E-state index in [-0.39, 0.29) is 6.61 Å². The molecule has 2 rings (SSSR count). The summed E-state index contributed by atoms with van der Waals surface area (Å²) in [5.74, 6) is 0.759. The molecule has 0 aliphatic heterocycles. The molecule has 0 saturated carbocycles. The molecule has 2 aromatic carbocycles. The van der Waals surface area contributed by atoms with Gasteiger partial charge in [-0.2, -0.15) is 0 Å². The number of halogens is 1. The Labute approximate surface area is 159 Å². The summed E-state index contributed by atoms with van der Waals surface area (Å²) in [5.41, 5.74) is 4.57. The van der Waals surface area contributed by atoms with E-state index in [4.69, 9.17) is 14.2 Å². The lowest BCUT2D eigenvalue weighted by Gasteiger charge is -2.15. The summed E-state index contributed by atoms with van der Waals surface area (Å²) in [6.07, 6.45) is -0.785. The quantitative estimate of drug-likeness (QED) is 0.669. The maximum absolute atomic E-state index is 12.0. The summed E-state index contributed by atoms with van der Waals surface area (Å²) in [4.78, 5) is 23.7. The topological polar surface area (TPSA) is 85.9 Å². The Bertz CT molecular complexity index is 752. The third-order valence-corrected chi connectivity index (χ3v) is 3.73. The van der Waals surface area contributed by atoms with Gasteiger partial charge in [0.2, 0.25) is 0 Å². The highest BCUT2D eigenvalue weighted by molar-refractivity contribution is 9.10. The molecular weight excluding hydrogens is 404 g/mol. The zero-order valence-electron chi connectivity index (χ0n) is 14.3. The first-order chi connectivity index (χ1) is 12.5. The van der Waals surface area contributed by atoms with Crippen LogP contribution in [0.2, 0.25) is 0 Å². The number of rotatable bonds is 7. The predicted octanol–water partition coefficient (Wildman–Crippen LogP) is 2.45. The maximum atomic E-state index is 12.0. The van der Waals surface area contributed by atoms with Gasteiger partial charge in [-0.3, -0.25) is 20.4 Å². The van der Waals surface area contributed by atoms with Crippen molar-refractivity contribution in [3.05, 3.63) is 53.0 Å². The van der Waals surface area contributed by atoms with Crippen LogP contribution in [0.15, 0.2) is 53.0 Å². The van der Waals surface area contributed by atoms with Crippen molar-refractivity contribution in [2.45, 2.75) is 13.0 Å². The summed E-state index contributed by atoms with van der Waals surface area (Å²) in [6, 6.07) is 13.9. The Kier molecular flexibility index (Phi) is 7.28. The van der Waals surface area contributed by atoms with Crippen molar-refractivity contribution in [2.75, 3.05) is 13.7 Å². The van der Waals surface area contributed by atoms with Crippen molar-refractivity contribution < 1.29 is 23.8 Å². The summed E-state index contributed by atoms with van der Waals surface area (Å²) in [7, 11) is 1.56. The van der Waals surface area contributed by atoms with Crippen molar-refractivity contribution in [3.63, 3.8) is 0 Å². The van der Waals surface area contributed by atoms with Gasteiger partial charge in [0.1, 0.15) is 17.2 Å². The third kappa shape index (κ3) is 6.29. The standard InChI is InChI=1S/C18H19BrN2O5/c1-12(26-16-5-3-4-13(19)10-16)18(23)21-20-17(22)11-25-15-8-6-14(24-2)7-9-15/h3-10,12H,11H2,1-2H3,(H,20,22)(H,21,23). The predicted molar refractivity (Wildman–Crippen MR) is 99.0 cm³/mol. The first-order valence-corrected chi connectivity index (χ1v) is 8.55. The minimum Gasteiger partial charge on any atom is -0.497 e. The second-order valence-corrected chi connectivity index (χ2v) is 6.13. The Hall–Kier alpha value is -2.74. The van der Waals surface area contributed by atoms with Gasteiger partial charge in [0.25, 0.3) is 11.8 Å². The van der Waals surface area contributed by atoms with E-state index >= 15 is 0 Å². The SMILES string of the molecule is COc1ccc(OCC(=O)NNC(=O)C(C)Oc2cccc(Br)c2)cc1. The molecule has 2 N–H and O–H groups in total. The third-order valence-electron chi connectivity index (χ3n) is 3.23. The molecule has 0 aromatic heterocycles. The Balaban J connectivity index is 1.72. The number of hydrazine groups is 1. The molecule has 0 heterocycles. The lowest BCUT2D eigenvalue weighted by atomic mass is 10.3. The number of carbonyl (C=O) groups excluding carboxylic acids is 2. The molecule has 0 aliphatic carbocycles. The fourth-order valence-corrected chi connectivity index (χ4v) is 2.27. The molecule has 0 spiro atoms. The van der Waals surface area contributed by atoms with Gasteiger partial charge in [-0.05, 0) is 49.4 Å². The average Bonchev–Trinajstić information content (AvgIpc) is 2.64. The number of ether oxygens (including phenoxy) is 3. The van der Waals surface area contributed by atoms with Gasteiger partial charge in [0.05, 0.1) is 7.11 Å². The van der Waals surface area contributed by atoms with Crippen molar-refractivity contribution in [1.29, 1.82) is 0 Å². The summed E-state index contributed by atoms with van der Waals surface area (Å²) >= 11 is 3.32. The zero-order chi connectivity index (χ0) is 18.9. The fraction of sp³-hybridized carbons (Fsp3) is 0.222. The van der Waals surface area contributed by atoms with Gasteiger partial charge < -0.3 is 14.2 Å². The van der Waals surface area contributed by atoms with Crippen LogP contribution in [0.3, 0.4) is 0 Å². The Morgan fingerprint density at radius 1 is 1.04 bits per heavy atom. The number of hydrogen-bond acceptors (Lipinski definition) is 5. The van der Waals surface area contributed by atoms with E-state index < -0.39 is 17.9 Å². The number of carbonyl (C=O) groups is 2. The molecule has 138 valence electrons. The molecule has 2 aromatic rings. The van der Waals surface area contributed by atoms with Crippen LogP contribution in [0.4, 0.5) is 0 Å². The number of methoxy groups -OCH3 is 1. The van der Waals surface area contributed by atoms with E-state index in [9.17, 15) is 9.59 Å². The highest BCUT2D eigenvalue weighted by Crippen LogP contribution is 2.19. The van der Waals surface area contributed by atoms with Gasteiger partial charge in [0.15, 0.2) is 12.7 Å². The normalized spacial score (nSPS) is 11.2.